The fourth-order valence-electron chi connectivity index (χ4n) is 9.19. The van der Waals surface area contributed by atoms with Gasteiger partial charge in [0.2, 0.25) is 0 Å². The van der Waals surface area contributed by atoms with Gasteiger partial charge in [-0.15, -0.1) is 54.1 Å². The fraction of sp³-hybridized carbons (Fsp3) is 0.164. The third kappa shape index (κ3) is 7.92. The van der Waals surface area contributed by atoms with Gasteiger partial charge in [-0.1, -0.05) is 165 Å². The number of furan rings is 1. The summed E-state index contributed by atoms with van der Waals surface area (Å²) in [5, 5.41) is 6.04. The van der Waals surface area contributed by atoms with Crippen molar-refractivity contribution in [1.82, 2.24) is 14.5 Å². The number of hydrogen-bond donors (Lipinski definition) is 0. The Hall–Kier alpha value is -5.91. The molecule has 0 spiro atoms. The molecule has 3 aromatic heterocycles. The predicted molar refractivity (Wildman–Crippen MR) is 253 cm³/mol. The third-order valence-corrected chi connectivity index (χ3v) is 14.2. The van der Waals surface area contributed by atoms with Crippen molar-refractivity contribution in [2.24, 2.45) is 5.92 Å². The molecule has 11 rings (SSSR count). The van der Waals surface area contributed by atoms with E-state index in [0.29, 0.717) is 0 Å². The van der Waals surface area contributed by atoms with Crippen molar-refractivity contribution in [2.75, 3.05) is 0 Å². The van der Waals surface area contributed by atoms with Gasteiger partial charge in [0.25, 0.3) is 0 Å². The molecular weight excluding hydrogens is 939 g/mol. The number of pyridine rings is 1. The van der Waals surface area contributed by atoms with Gasteiger partial charge in [-0.05, 0) is 52.4 Å². The van der Waals surface area contributed by atoms with E-state index in [-0.39, 0.29) is 20.1 Å². The molecular formula is C55H47IrN3OSi-2. The van der Waals surface area contributed by atoms with Crippen LogP contribution >= 0.6 is 0 Å². The van der Waals surface area contributed by atoms with Crippen LogP contribution in [0.2, 0.25) is 19.6 Å². The molecule has 0 bridgehead atoms. The maximum Gasteiger partial charge on any atom is 0.120 e. The van der Waals surface area contributed by atoms with E-state index in [1.165, 1.54) is 37.5 Å². The molecule has 1 aliphatic carbocycles. The van der Waals surface area contributed by atoms with Crippen LogP contribution in [0.25, 0.3) is 83.2 Å². The molecule has 1 radical (unpaired) electrons. The first-order chi connectivity index (χ1) is 29.4. The van der Waals surface area contributed by atoms with Crippen LogP contribution in [-0.2, 0) is 26.5 Å². The Morgan fingerprint density at radius 2 is 1.44 bits per heavy atom. The van der Waals surface area contributed by atoms with Crippen LogP contribution in [0.1, 0.15) is 31.2 Å². The minimum absolute atomic E-state index is 0. The molecule has 0 saturated heterocycles. The normalized spacial score (nSPS) is 13.1. The van der Waals surface area contributed by atoms with Gasteiger partial charge >= 0.3 is 0 Å². The monoisotopic (exact) mass is 986 g/mol. The van der Waals surface area contributed by atoms with Crippen molar-refractivity contribution in [3.8, 4) is 39.5 Å². The van der Waals surface area contributed by atoms with Crippen molar-refractivity contribution < 1.29 is 24.5 Å². The average molecular weight is 986 g/mol. The minimum atomic E-state index is -1.35. The molecule has 1 saturated carbocycles. The zero-order valence-corrected chi connectivity index (χ0v) is 38.2. The molecule has 0 atom stereocenters. The first kappa shape index (κ1) is 40.5. The fourth-order valence-corrected chi connectivity index (χ4v) is 10.8. The van der Waals surface area contributed by atoms with Gasteiger partial charge in [-0.2, -0.15) is 0 Å². The first-order valence-electron chi connectivity index (χ1n) is 21.2. The van der Waals surface area contributed by atoms with Gasteiger partial charge in [0.15, 0.2) is 0 Å². The number of para-hydroxylation sites is 3. The second-order valence-electron chi connectivity index (χ2n) is 17.1. The number of hydrogen-bond acceptors (Lipinski definition) is 3. The maximum atomic E-state index is 6.44. The molecule has 0 unspecified atom stereocenters. The van der Waals surface area contributed by atoms with Crippen LogP contribution in [-0.4, -0.2) is 22.6 Å². The second-order valence-corrected chi connectivity index (χ2v) is 22.1. The van der Waals surface area contributed by atoms with Crippen molar-refractivity contribution in [3.63, 3.8) is 0 Å². The second kappa shape index (κ2) is 17.2. The Labute approximate surface area is 372 Å². The van der Waals surface area contributed by atoms with Gasteiger partial charge in [0.05, 0.1) is 36.2 Å². The number of benzene rings is 7. The number of imidazole rings is 1. The molecule has 1 aliphatic rings. The van der Waals surface area contributed by atoms with E-state index < -0.39 is 8.07 Å². The summed E-state index contributed by atoms with van der Waals surface area (Å²) in [6, 6.07) is 61.4. The molecule has 0 aliphatic heterocycles. The zero-order chi connectivity index (χ0) is 40.6. The Morgan fingerprint density at radius 3 is 2.25 bits per heavy atom. The molecule has 1 fully saturated rings. The van der Waals surface area contributed by atoms with Crippen molar-refractivity contribution in [2.45, 2.75) is 51.7 Å². The van der Waals surface area contributed by atoms with Crippen molar-refractivity contribution in [3.05, 3.63) is 182 Å². The molecule has 0 N–H and O–H groups in total. The van der Waals surface area contributed by atoms with Gasteiger partial charge in [0.1, 0.15) is 5.58 Å². The number of aromatic nitrogens is 3. The summed E-state index contributed by atoms with van der Waals surface area (Å²) in [6.45, 7) is 7.28. The average Bonchev–Trinajstić information content (AvgIpc) is 4.04. The molecule has 10 aromatic rings. The van der Waals surface area contributed by atoms with Crippen molar-refractivity contribution >= 4 is 57.0 Å². The SMILES string of the molecule is C[Si](C)(C)c1cnc(-c2[c-]cccc2)cc1CC1CCCC1.[Ir].[c-]1ccc2c(oc3ccccc32)c1-c1nc2ccccc2n1-c1c(-c2ccccc2)ccc2ccccc12. The van der Waals surface area contributed by atoms with E-state index in [4.69, 9.17) is 14.4 Å². The van der Waals surface area contributed by atoms with E-state index in [9.17, 15) is 0 Å². The van der Waals surface area contributed by atoms with Gasteiger partial charge in [-0.3, -0.25) is 4.98 Å². The molecule has 7 aromatic carbocycles. The van der Waals surface area contributed by atoms with Crippen LogP contribution in [0.4, 0.5) is 0 Å². The Kier molecular flexibility index (Phi) is 11.4. The van der Waals surface area contributed by atoms with Crippen LogP contribution < -0.4 is 5.19 Å². The molecule has 61 heavy (non-hydrogen) atoms. The summed E-state index contributed by atoms with van der Waals surface area (Å²) in [6.07, 6.45) is 9.03. The van der Waals surface area contributed by atoms with Gasteiger partial charge in [0, 0.05) is 42.6 Å². The summed E-state index contributed by atoms with van der Waals surface area (Å²) in [5.74, 6) is 1.69. The summed E-state index contributed by atoms with van der Waals surface area (Å²) in [5.41, 5.74) is 11.6. The molecule has 6 heteroatoms. The minimum Gasteiger partial charge on any atom is -0.501 e. The number of fused-ring (bicyclic) bond motifs is 5. The van der Waals surface area contributed by atoms with E-state index in [1.807, 2.05) is 42.5 Å². The van der Waals surface area contributed by atoms with Crippen LogP contribution in [0.5, 0.6) is 0 Å². The summed E-state index contributed by atoms with van der Waals surface area (Å²) in [4.78, 5) is 9.95. The molecule has 303 valence electrons. The summed E-state index contributed by atoms with van der Waals surface area (Å²) >= 11 is 0. The predicted octanol–water partition coefficient (Wildman–Crippen LogP) is 14.0. The zero-order valence-electron chi connectivity index (χ0n) is 34.8. The third-order valence-electron chi connectivity index (χ3n) is 12.1. The maximum absolute atomic E-state index is 6.44. The standard InChI is InChI=1S/C35H21N2O.C20H26NSi.Ir/c1-2-11-23(12-3-1)26-22-21-24-13-4-5-14-25(24)33(26)37-31-19-8-7-18-30(31)36-35(37)29-17-10-16-28-27-15-6-9-20-32(27)38-34(28)29;1-22(2,3)20-15-21-19(17-11-5-4-6-12-17)14-18(20)13-16-9-7-8-10-16;/h1-16,18-22H;4-6,11,14-16H,7-10,13H2,1-3H3;/q2*-1;. The number of rotatable bonds is 7. The molecule has 4 nitrogen and oxygen atoms in total. The van der Waals surface area contributed by atoms with Gasteiger partial charge < -0.3 is 14.0 Å². The largest absolute Gasteiger partial charge is 0.501 e. The first-order valence-corrected chi connectivity index (χ1v) is 24.7. The summed E-state index contributed by atoms with van der Waals surface area (Å²) < 4.78 is 8.73. The molecule has 0 amide bonds. The van der Waals surface area contributed by atoms with E-state index in [2.05, 4.69) is 158 Å². The van der Waals surface area contributed by atoms with Gasteiger partial charge in [-0.25, -0.2) is 0 Å². The quantitative estimate of drug-likeness (QED) is 0.118. The topological polar surface area (TPSA) is 43.9 Å². The van der Waals surface area contributed by atoms with Crippen LogP contribution in [0.15, 0.2) is 168 Å². The van der Waals surface area contributed by atoms with E-state index >= 15 is 0 Å². The van der Waals surface area contributed by atoms with Crippen molar-refractivity contribution in [1.29, 1.82) is 0 Å². The number of nitrogens with zero attached hydrogens (tertiary/aromatic N) is 3. The van der Waals surface area contributed by atoms with Crippen LogP contribution in [0, 0.1) is 18.1 Å². The smallest absolute Gasteiger partial charge is 0.120 e. The Bertz CT molecular complexity index is 3120. The molecule has 3 heterocycles. The summed E-state index contributed by atoms with van der Waals surface area (Å²) in [7, 11) is -1.35. The van der Waals surface area contributed by atoms with Crippen LogP contribution in [0.3, 0.4) is 0 Å². The Morgan fingerprint density at radius 1 is 0.705 bits per heavy atom. The van der Waals surface area contributed by atoms with E-state index in [0.717, 1.165) is 83.7 Å². The Balaban J connectivity index is 0.000000177. The van der Waals surface area contributed by atoms with E-state index in [1.54, 1.807) is 10.8 Å².